The maximum absolute atomic E-state index is 12.0. The third kappa shape index (κ3) is 4.64. The fraction of sp³-hybridized carbons (Fsp3) is 0.312. The van der Waals surface area contributed by atoms with Crippen LogP contribution in [-0.4, -0.2) is 39.9 Å². The molecule has 24 heavy (non-hydrogen) atoms. The van der Waals surface area contributed by atoms with Crippen LogP contribution in [0.25, 0.3) is 0 Å². The molecule has 0 spiro atoms. The van der Waals surface area contributed by atoms with E-state index in [1.54, 1.807) is 37.3 Å². The number of aliphatic hydroxyl groups excluding tert-OH is 1. The fourth-order valence-electron chi connectivity index (χ4n) is 1.95. The highest BCUT2D eigenvalue weighted by Crippen LogP contribution is 2.11. The lowest BCUT2D eigenvalue weighted by Crippen LogP contribution is -2.36. The number of aliphatic hydroxyl groups is 1. The van der Waals surface area contributed by atoms with Crippen LogP contribution >= 0.6 is 0 Å². The number of hydrogen-bond donors (Lipinski definition) is 2. The van der Waals surface area contributed by atoms with E-state index in [9.17, 15) is 14.4 Å². The summed E-state index contributed by atoms with van der Waals surface area (Å²) < 4.78 is 11.8. The van der Waals surface area contributed by atoms with Gasteiger partial charge in [-0.05, 0) is 19.1 Å². The lowest BCUT2D eigenvalue weighted by molar-refractivity contribution is -0.0945. The quantitative estimate of drug-likeness (QED) is 0.704. The number of nitrogens with one attached hydrogen (secondary N) is 1. The molecule has 1 aromatic carbocycles. The van der Waals surface area contributed by atoms with E-state index in [-0.39, 0.29) is 13.2 Å². The van der Waals surface area contributed by atoms with Crippen LogP contribution in [0.2, 0.25) is 0 Å². The van der Waals surface area contributed by atoms with Gasteiger partial charge in [-0.3, -0.25) is 14.3 Å². The van der Waals surface area contributed by atoms with Gasteiger partial charge in [-0.25, -0.2) is 9.59 Å². The van der Waals surface area contributed by atoms with Crippen molar-refractivity contribution in [1.82, 2.24) is 9.55 Å². The third-order valence-corrected chi connectivity index (χ3v) is 3.17. The number of carbonyl (C=O) groups excluding carboxylic acids is 1. The van der Waals surface area contributed by atoms with Crippen molar-refractivity contribution in [3.05, 3.63) is 69.0 Å². The highest BCUT2D eigenvalue weighted by Gasteiger charge is 2.19. The van der Waals surface area contributed by atoms with Crippen molar-refractivity contribution in [2.75, 3.05) is 13.2 Å². The molecule has 0 aliphatic carbocycles. The second-order valence-electron chi connectivity index (χ2n) is 5.07. The van der Waals surface area contributed by atoms with E-state index in [2.05, 4.69) is 4.98 Å². The van der Waals surface area contributed by atoms with Crippen LogP contribution in [0, 0.1) is 0 Å². The van der Waals surface area contributed by atoms with E-state index in [0.717, 1.165) is 10.6 Å². The van der Waals surface area contributed by atoms with Crippen LogP contribution in [0.15, 0.2) is 52.2 Å². The minimum Gasteiger partial charge on any atom is -0.457 e. The van der Waals surface area contributed by atoms with E-state index in [0.29, 0.717) is 5.56 Å². The number of aromatic amines is 1. The molecule has 0 saturated carbocycles. The van der Waals surface area contributed by atoms with Gasteiger partial charge in [0.05, 0.1) is 18.3 Å². The summed E-state index contributed by atoms with van der Waals surface area (Å²) in [5.74, 6) is -0.571. The number of rotatable bonds is 7. The maximum Gasteiger partial charge on any atom is 0.338 e. The second-order valence-corrected chi connectivity index (χ2v) is 5.07. The summed E-state index contributed by atoms with van der Waals surface area (Å²) in [5, 5.41) is 9.12. The molecule has 2 aromatic rings. The average Bonchev–Trinajstić information content (AvgIpc) is 2.59. The summed E-state index contributed by atoms with van der Waals surface area (Å²) in [6.45, 7) is 1.06. The van der Waals surface area contributed by atoms with Gasteiger partial charge in [0.15, 0.2) is 6.23 Å². The minimum absolute atomic E-state index is 0.260. The molecule has 0 fully saturated rings. The van der Waals surface area contributed by atoms with Crippen LogP contribution in [0.4, 0.5) is 0 Å². The number of hydrogen-bond acceptors (Lipinski definition) is 6. The Hall–Kier alpha value is -2.71. The summed E-state index contributed by atoms with van der Waals surface area (Å²) >= 11 is 0. The van der Waals surface area contributed by atoms with E-state index in [1.165, 1.54) is 6.20 Å². The first kappa shape index (κ1) is 17.6. The van der Waals surface area contributed by atoms with Crippen molar-refractivity contribution in [1.29, 1.82) is 0 Å². The largest absolute Gasteiger partial charge is 0.457 e. The number of carbonyl (C=O) groups is 1. The lowest BCUT2D eigenvalue weighted by atomic mass is 10.2. The molecule has 8 nitrogen and oxygen atoms in total. The van der Waals surface area contributed by atoms with Gasteiger partial charge >= 0.3 is 11.7 Å². The molecule has 0 bridgehead atoms. The lowest BCUT2D eigenvalue weighted by Gasteiger charge is -2.22. The van der Waals surface area contributed by atoms with Crippen molar-refractivity contribution in [2.45, 2.75) is 19.3 Å². The van der Waals surface area contributed by atoms with Crippen LogP contribution in [0.1, 0.15) is 23.5 Å². The first-order valence-electron chi connectivity index (χ1n) is 7.31. The Morgan fingerprint density at radius 3 is 2.58 bits per heavy atom. The van der Waals surface area contributed by atoms with Gasteiger partial charge in [0.1, 0.15) is 6.61 Å². The van der Waals surface area contributed by atoms with Crippen LogP contribution in [0.3, 0.4) is 0 Å². The van der Waals surface area contributed by atoms with Crippen molar-refractivity contribution in [2.24, 2.45) is 0 Å². The number of ether oxygens (including phenoxy) is 2. The van der Waals surface area contributed by atoms with E-state index in [1.807, 2.05) is 0 Å². The van der Waals surface area contributed by atoms with Crippen molar-refractivity contribution >= 4 is 5.97 Å². The summed E-state index contributed by atoms with van der Waals surface area (Å²) in [6.07, 6.45) is -0.333. The van der Waals surface area contributed by atoms with Gasteiger partial charge in [-0.15, -0.1) is 0 Å². The Kier molecular flexibility index (Phi) is 6.05. The van der Waals surface area contributed by atoms with E-state index in [4.69, 9.17) is 14.6 Å². The predicted molar refractivity (Wildman–Crippen MR) is 84.7 cm³/mol. The van der Waals surface area contributed by atoms with Gasteiger partial charge < -0.3 is 14.6 Å². The van der Waals surface area contributed by atoms with Crippen molar-refractivity contribution in [3.8, 4) is 0 Å². The van der Waals surface area contributed by atoms with Gasteiger partial charge in [0.25, 0.3) is 5.56 Å². The Morgan fingerprint density at radius 1 is 1.25 bits per heavy atom. The summed E-state index contributed by atoms with van der Waals surface area (Å²) in [6, 6.07) is 9.52. The van der Waals surface area contributed by atoms with Gasteiger partial charge in [-0.2, -0.15) is 0 Å². The fourth-order valence-corrected chi connectivity index (χ4v) is 1.95. The number of esters is 1. The molecule has 0 amide bonds. The van der Waals surface area contributed by atoms with Crippen LogP contribution in [0.5, 0.6) is 0 Å². The van der Waals surface area contributed by atoms with Gasteiger partial charge in [0.2, 0.25) is 0 Å². The highest BCUT2D eigenvalue weighted by atomic mass is 16.6. The zero-order valence-electron chi connectivity index (χ0n) is 13.0. The first-order chi connectivity index (χ1) is 11.5. The van der Waals surface area contributed by atoms with Crippen LogP contribution in [-0.2, 0) is 9.47 Å². The standard InChI is InChI=1S/C16H18N2O6/c1-11(9-19)24-14(18-8-7-13(20)17-16(18)22)10-23-15(21)12-5-3-2-4-6-12/h2-8,11,14,19H,9-10H2,1H3,(H,17,20,22)/t11-,14-/m1/s1. The predicted octanol–water partition coefficient (Wildman–Crippen LogP) is 0.290. The summed E-state index contributed by atoms with van der Waals surface area (Å²) in [7, 11) is 0. The molecule has 2 rings (SSSR count). The molecule has 128 valence electrons. The molecule has 0 saturated heterocycles. The zero-order chi connectivity index (χ0) is 17.5. The SMILES string of the molecule is C[C@H](CO)O[C@H](COC(=O)c1ccccc1)n1ccc(=O)[nH]c1=O. The molecular weight excluding hydrogens is 316 g/mol. The minimum atomic E-state index is -0.982. The Labute approximate surface area is 137 Å². The molecular formula is C16H18N2O6. The highest BCUT2D eigenvalue weighted by molar-refractivity contribution is 5.89. The summed E-state index contributed by atoms with van der Waals surface area (Å²) in [4.78, 5) is 37.2. The molecule has 0 aliphatic rings. The van der Waals surface area contributed by atoms with E-state index < -0.39 is 29.6 Å². The number of nitrogens with zero attached hydrogens (tertiary/aromatic N) is 1. The Balaban J connectivity index is 2.16. The number of aromatic nitrogens is 2. The summed E-state index contributed by atoms with van der Waals surface area (Å²) in [5.41, 5.74) is -0.889. The number of benzene rings is 1. The monoisotopic (exact) mass is 334 g/mol. The average molecular weight is 334 g/mol. The topological polar surface area (TPSA) is 111 Å². The Bertz CT molecular complexity index is 783. The molecule has 2 N–H and O–H groups in total. The molecule has 0 aliphatic heterocycles. The molecule has 1 heterocycles. The van der Waals surface area contributed by atoms with E-state index >= 15 is 0 Å². The van der Waals surface area contributed by atoms with Crippen molar-refractivity contribution < 1.29 is 19.4 Å². The van der Waals surface area contributed by atoms with Gasteiger partial charge in [0, 0.05) is 12.3 Å². The normalized spacial score (nSPS) is 13.2. The molecule has 0 unspecified atom stereocenters. The second kappa shape index (κ2) is 8.23. The Morgan fingerprint density at radius 2 is 1.96 bits per heavy atom. The van der Waals surface area contributed by atoms with Gasteiger partial charge in [-0.1, -0.05) is 18.2 Å². The molecule has 8 heteroatoms. The molecule has 2 atom stereocenters. The number of H-pyrrole nitrogens is 1. The molecule has 0 radical (unpaired) electrons. The first-order valence-corrected chi connectivity index (χ1v) is 7.31. The van der Waals surface area contributed by atoms with Crippen molar-refractivity contribution in [3.63, 3.8) is 0 Å². The molecule has 1 aromatic heterocycles. The third-order valence-electron chi connectivity index (χ3n) is 3.17. The smallest absolute Gasteiger partial charge is 0.338 e. The zero-order valence-corrected chi connectivity index (χ0v) is 13.0. The maximum atomic E-state index is 12.0. The van der Waals surface area contributed by atoms with Crippen LogP contribution < -0.4 is 11.2 Å².